The molecular formula is C13H19N3O4. The van der Waals surface area contributed by atoms with Crippen LogP contribution in [0.5, 0.6) is 0 Å². The minimum atomic E-state index is -1.00. The van der Waals surface area contributed by atoms with E-state index in [1.54, 1.807) is 0 Å². The van der Waals surface area contributed by atoms with Gasteiger partial charge in [0.1, 0.15) is 5.56 Å². The Morgan fingerprint density at radius 2 is 2.00 bits per heavy atom. The third-order valence-electron chi connectivity index (χ3n) is 3.08. The highest BCUT2D eigenvalue weighted by Crippen LogP contribution is 2.10. The number of rotatable bonds is 6. The molecule has 1 atom stereocenters. The summed E-state index contributed by atoms with van der Waals surface area (Å²) in [5.41, 5.74) is 0.747. The lowest BCUT2D eigenvalue weighted by Crippen LogP contribution is -2.36. The van der Waals surface area contributed by atoms with Crippen molar-refractivity contribution in [2.75, 3.05) is 6.54 Å². The van der Waals surface area contributed by atoms with Crippen molar-refractivity contribution in [3.63, 3.8) is 0 Å². The van der Waals surface area contributed by atoms with Crippen LogP contribution in [0.1, 0.15) is 42.4 Å². The SMILES string of the molecule is CCc1n[nH]c(=O)c(C(=O)NCC(C)C(=O)O)c1CC. The van der Waals surface area contributed by atoms with Crippen LogP contribution in [0.25, 0.3) is 0 Å². The van der Waals surface area contributed by atoms with Crippen molar-refractivity contribution in [3.8, 4) is 0 Å². The molecule has 0 saturated carbocycles. The Kier molecular flexibility index (Phi) is 5.42. The number of aromatic nitrogens is 2. The highest BCUT2D eigenvalue weighted by molar-refractivity contribution is 5.95. The molecule has 0 spiro atoms. The van der Waals surface area contributed by atoms with E-state index in [2.05, 4.69) is 15.5 Å². The molecule has 1 aromatic rings. The van der Waals surface area contributed by atoms with Crippen molar-refractivity contribution >= 4 is 11.9 Å². The maximum absolute atomic E-state index is 12.1. The lowest BCUT2D eigenvalue weighted by Gasteiger charge is -2.12. The third kappa shape index (κ3) is 3.43. The molecule has 0 aliphatic rings. The molecular weight excluding hydrogens is 262 g/mol. The summed E-state index contributed by atoms with van der Waals surface area (Å²) in [6.07, 6.45) is 1.11. The van der Waals surface area contributed by atoms with Gasteiger partial charge >= 0.3 is 5.97 Å². The molecule has 0 aliphatic heterocycles. The molecule has 1 heterocycles. The number of carboxylic acid groups (broad SMARTS) is 1. The van der Waals surface area contributed by atoms with Gasteiger partial charge in [0, 0.05) is 6.54 Å². The van der Waals surface area contributed by atoms with E-state index in [0.29, 0.717) is 24.1 Å². The first kappa shape index (κ1) is 15.9. The topological polar surface area (TPSA) is 112 Å². The summed E-state index contributed by atoms with van der Waals surface area (Å²) in [7, 11) is 0. The summed E-state index contributed by atoms with van der Waals surface area (Å²) < 4.78 is 0. The summed E-state index contributed by atoms with van der Waals surface area (Å²) in [4.78, 5) is 34.6. The van der Waals surface area contributed by atoms with E-state index in [1.165, 1.54) is 6.92 Å². The van der Waals surface area contributed by atoms with Gasteiger partial charge in [0.05, 0.1) is 11.6 Å². The number of carbonyl (C=O) groups excluding carboxylic acids is 1. The first-order valence-corrected chi connectivity index (χ1v) is 6.53. The van der Waals surface area contributed by atoms with Gasteiger partial charge < -0.3 is 10.4 Å². The fourth-order valence-electron chi connectivity index (χ4n) is 1.86. The van der Waals surface area contributed by atoms with Crippen LogP contribution in [-0.2, 0) is 17.6 Å². The van der Waals surface area contributed by atoms with Gasteiger partial charge in [0.15, 0.2) is 0 Å². The third-order valence-corrected chi connectivity index (χ3v) is 3.08. The van der Waals surface area contributed by atoms with Gasteiger partial charge in [-0.3, -0.25) is 14.4 Å². The van der Waals surface area contributed by atoms with Gasteiger partial charge in [-0.05, 0) is 18.4 Å². The number of aromatic amines is 1. The van der Waals surface area contributed by atoms with Crippen molar-refractivity contribution in [1.29, 1.82) is 0 Å². The van der Waals surface area contributed by atoms with Gasteiger partial charge in [0.2, 0.25) is 0 Å². The van der Waals surface area contributed by atoms with Crippen molar-refractivity contribution in [2.45, 2.75) is 33.6 Å². The van der Waals surface area contributed by atoms with Crippen LogP contribution in [0.2, 0.25) is 0 Å². The molecule has 0 aromatic carbocycles. The van der Waals surface area contributed by atoms with Crippen LogP contribution < -0.4 is 10.9 Å². The Hall–Kier alpha value is -2.18. The molecule has 1 aromatic heterocycles. The molecule has 0 bridgehead atoms. The minimum Gasteiger partial charge on any atom is -0.481 e. The predicted molar refractivity (Wildman–Crippen MR) is 72.7 cm³/mol. The number of carbonyl (C=O) groups is 2. The standard InChI is InChI=1S/C13H19N3O4/c1-4-8-9(5-2)15-16-12(18)10(8)11(17)14-6-7(3)13(19)20/h7H,4-6H2,1-3H3,(H,14,17)(H,16,18)(H,19,20). The molecule has 1 unspecified atom stereocenters. The monoisotopic (exact) mass is 281 g/mol. The number of nitrogens with zero attached hydrogens (tertiary/aromatic N) is 1. The Morgan fingerprint density at radius 1 is 1.35 bits per heavy atom. The molecule has 1 rings (SSSR count). The first-order chi connectivity index (χ1) is 9.42. The summed E-state index contributed by atoms with van der Waals surface area (Å²) in [5.74, 6) is -2.28. The van der Waals surface area contributed by atoms with Crippen LogP contribution in [0.3, 0.4) is 0 Å². The van der Waals surface area contributed by atoms with E-state index in [4.69, 9.17) is 5.11 Å². The molecule has 110 valence electrons. The summed E-state index contributed by atoms with van der Waals surface area (Å²) >= 11 is 0. The van der Waals surface area contributed by atoms with Crippen molar-refractivity contribution in [3.05, 3.63) is 27.2 Å². The zero-order chi connectivity index (χ0) is 15.3. The van der Waals surface area contributed by atoms with Crippen LogP contribution >= 0.6 is 0 Å². The molecule has 7 heteroatoms. The predicted octanol–water partition coefficient (Wildman–Crippen LogP) is 0.345. The molecule has 0 radical (unpaired) electrons. The van der Waals surface area contributed by atoms with Gasteiger partial charge in [-0.15, -0.1) is 0 Å². The fourth-order valence-corrected chi connectivity index (χ4v) is 1.86. The van der Waals surface area contributed by atoms with Gasteiger partial charge in [-0.25, -0.2) is 5.10 Å². The van der Waals surface area contributed by atoms with Crippen molar-refractivity contribution in [1.82, 2.24) is 15.5 Å². The number of aryl methyl sites for hydroxylation is 1. The molecule has 0 saturated heterocycles. The molecule has 7 nitrogen and oxygen atoms in total. The quantitative estimate of drug-likeness (QED) is 0.696. The highest BCUT2D eigenvalue weighted by Gasteiger charge is 2.20. The van der Waals surface area contributed by atoms with Crippen LogP contribution in [-0.4, -0.2) is 33.7 Å². The van der Waals surface area contributed by atoms with E-state index >= 15 is 0 Å². The van der Waals surface area contributed by atoms with E-state index in [1.807, 2.05) is 13.8 Å². The lowest BCUT2D eigenvalue weighted by atomic mass is 10.0. The lowest BCUT2D eigenvalue weighted by molar-refractivity contribution is -0.140. The van der Waals surface area contributed by atoms with Crippen molar-refractivity contribution in [2.24, 2.45) is 5.92 Å². The molecule has 1 amide bonds. The summed E-state index contributed by atoms with van der Waals surface area (Å²) in [5, 5.41) is 17.5. The van der Waals surface area contributed by atoms with Gasteiger partial charge in [0.25, 0.3) is 11.5 Å². The average Bonchev–Trinajstić information content (AvgIpc) is 2.43. The smallest absolute Gasteiger partial charge is 0.308 e. The summed E-state index contributed by atoms with van der Waals surface area (Å²) in [6.45, 7) is 5.18. The van der Waals surface area contributed by atoms with E-state index in [0.717, 1.165) is 0 Å². The minimum absolute atomic E-state index is 0.0249. The number of carboxylic acids is 1. The molecule has 0 aliphatic carbocycles. The maximum Gasteiger partial charge on any atom is 0.308 e. The zero-order valence-corrected chi connectivity index (χ0v) is 11.8. The van der Waals surface area contributed by atoms with E-state index in [-0.39, 0.29) is 12.1 Å². The molecule has 3 N–H and O–H groups in total. The Morgan fingerprint density at radius 3 is 2.50 bits per heavy atom. The number of hydrogen-bond donors (Lipinski definition) is 3. The summed E-state index contributed by atoms with van der Waals surface area (Å²) in [6, 6.07) is 0. The van der Waals surface area contributed by atoms with Crippen LogP contribution in [0.4, 0.5) is 0 Å². The zero-order valence-electron chi connectivity index (χ0n) is 11.8. The maximum atomic E-state index is 12.1. The number of hydrogen-bond acceptors (Lipinski definition) is 4. The van der Waals surface area contributed by atoms with Crippen LogP contribution in [0, 0.1) is 5.92 Å². The van der Waals surface area contributed by atoms with Gasteiger partial charge in [-0.1, -0.05) is 20.8 Å². The van der Waals surface area contributed by atoms with E-state index < -0.39 is 23.4 Å². The number of amides is 1. The van der Waals surface area contributed by atoms with Crippen molar-refractivity contribution < 1.29 is 14.7 Å². The second-order valence-electron chi connectivity index (χ2n) is 4.51. The van der Waals surface area contributed by atoms with Gasteiger partial charge in [-0.2, -0.15) is 5.10 Å². The average molecular weight is 281 g/mol. The Bertz CT molecular complexity index is 565. The number of nitrogens with one attached hydrogen (secondary N) is 2. The highest BCUT2D eigenvalue weighted by atomic mass is 16.4. The van der Waals surface area contributed by atoms with Crippen LogP contribution in [0.15, 0.2) is 4.79 Å². The first-order valence-electron chi connectivity index (χ1n) is 6.53. The molecule has 20 heavy (non-hydrogen) atoms. The number of aliphatic carboxylic acids is 1. The Balaban J connectivity index is 3.03. The van der Waals surface area contributed by atoms with E-state index in [9.17, 15) is 14.4 Å². The second kappa shape index (κ2) is 6.83. The second-order valence-corrected chi connectivity index (χ2v) is 4.51. The fraction of sp³-hybridized carbons (Fsp3) is 0.538. The Labute approximate surface area is 116 Å². The largest absolute Gasteiger partial charge is 0.481 e. The molecule has 0 fully saturated rings. The number of H-pyrrole nitrogens is 1. The normalized spacial score (nSPS) is 11.9.